The van der Waals surface area contributed by atoms with Crippen LogP contribution in [0.1, 0.15) is 45.0 Å². The Morgan fingerprint density at radius 3 is 3.00 bits per heavy atom. The molecule has 0 saturated carbocycles. The minimum atomic E-state index is 0.196. The molecule has 2 rings (SSSR count). The zero-order valence-electron chi connectivity index (χ0n) is 12.4. The fourth-order valence-corrected chi connectivity index (χ4v) is 3.88. The highest BCUT2D eigenvalue weighted by Gasteiger charge is 2.30. The molecule has 1 aliphatic heterocycles. The Hall–Kier alpha value is -0.0400. The van der Waals surface area contributed by atoms with Crippen LogP contribution in [0.5, 0.6) is 0 Å². The normalized spacial score (nSPS) is 21.4. The van der Waals surface area contributed by atoms with E-state index in [-0.39, 0.29) is 12.1 Å². The first-order valence-corrected chi connectivity index (χ1v) is 9.25. The van der Waals surface area contributed by atoms with Crippen LogP contribution in [0.3, 0.4) is 0 Å². The van der Waals surface area contributed by atoms with E-state index in [9.17, 15) is 0 Å². The highest BCUT2D eigenvalue weighted by molar-refractivity contribution is 9.10. The van der Waals surface area contributed by atoms with E-state index in [2.05, 4.69) is 51.8 Å². The highest BCUT2D eigenvalue weighted by Crippen LogP contribution is 2.32. The van der Waals surface area contributed by atoms with E-state index in [1.54, 1.807) is 0 Å². The van der Waals surface area contributed by atoms with Gasteiger partial charge in [-0.25, -0.2) is 0 Å². The fraction of sp³-hybridized carbons (Fsp3) is 0.786. The molecule has 0 radical (unpaired) electrons. The lowest BCUT2D eigenvalue weighted by Gasteiger charge is -2.32. The van der Waals surface area contributed by atoms with E-state index < -0.39 is 0 Å². The first-order valence-electron chi connectivity index (χ1n) is 7.30. The van der Waals surface area contributed by atoms with Crippen LogP contribution < -0.4 is 5.32 Å². The topological polar surface area (TPSA) is 39.1 Å². The summed E-state index contributed by atoms with van der Waals surface area (Å²) < 4.78 is 9.17. The van der Waals surface area contributed by atoms with Crippen molar-refractivity contribution in [2.24, 2.45) is 0 Å². The summed E-state index contributed by atoms with van der Waals surface area (Å²) in [5.74, 6) is 2.14. The molecule has 2 atom stereocenters. The number of thioether (sulfide) groups is 1. The summed E-state index contributed by atoms with van der Waals surface area (Å²) >= 11 is 5.63. The van der Waals surface area contributed by atoms with E-state index in [0.717, 1.165) is 35.6 Å². The van der Waals surface area contributed by atoms with Gasteiger partial charge in [0.1, 0.15) is 0 Å². The maximum Gasteiger partial charge on any atom is 0.0875 e. The highest BCUT2D eigenvalue weighted by atomic mass is 79.9. The van der Waals surface area contributed by atoms with Crippen molar-refractivity contribution in [2.45, 2.75) is 45.4 Å². The number of halogens is 1. The molecule has 2 unspecified atom stereocenters. The molecule has 114 valence electrons. The van der Waals surface area contributed by atoms with Crippen molar-refractivity contribution in [1.29, 1.82) is 0 Å². The molecule has 20 heavy (non-hydrogen) atoms. The molecule has 4 nitrogen and oxygen atoms in total. The van der Waals surface area contributed by atoms with Crippen molar-refractivity contribution in [1.82, 2.24) is 15.1 Å². The van der Waals surface area contributed by atoms with E-state index in [1.165, 1.54) is 5.69 Å². The minimum Gasteiger partial charge on any atom is -0.374 e. The SMILES string of the molecule is CCCNC(c1c(Br)cnn1C(C)C)C1CSCCO1. The van der Waals surface area contributed by atoms with Gasteiger partial charge in [-0.3, -0.25) is 4.68 Å². The lowest BCUT2D eigenvalue weighted by molar-refractivity contribution is 0.0439. The molecule has 1 aliphatic rings. The Kier molecular flexibility index (Phi) is 6.39. The molecule has 0 aliphatic carbocycles. The van der Waals surface area contributed by atoms with E-state index >= 15 is 0 Å². The van der Waals surface area contributed by atoms with Gasteiger partial charge in [0.05, 0.1) is 35.1 Å². The molecular weight excluding hydrogens is 338 g/mol. The van der Waals surface area contributed by atoms with Gasteiger partial charge in [0.25, 0.3) is 0 Å². The van der Waals surface area contributed by atoms with Gasteiger partial charge in [0, 0.05) is 17.5 Å². The Labute approximate surface area is 134 Å². The van der Waals surface area contributed by atoms with Crippen LogP contribution in [0.2, 0.25) is 0 Å². The third-order valence-electron chi connectivity index (χ3n) is 3.40. The summed E-state index contributed by atoms with van der Waals surface area (Å²) in [5, 5.41) is 8.15. The van der Waals surface area contributed by atoms with Crippen molar-refractivity contribution < 1.29 is 4.74 Å². The summed E-state index contributed by atoms with van der Waals surface area (Å²) in [4.78, 5) is 0. The average molecular weight is 362 g/mol. The van der Waals surface area contributed by atoms with Gasteiger partial charge in [-0.15, -0.1) is 0 Å². The second-order valence-corrected chi connectivity index (χ2v) is 7.34. The smallest absolute Gasteiger partial charge is 0.0875 e. The summed E-state index contributed by atoms with van der Waals surface area (Å²) in [6, 6.07) is 0.542. The second-order valence-electron chi connectivity index (χ2n) is 5.33. The van der Waals surface area contributed by atoms with Gasteiger partial charge in [0.15, 0.2) is 0 Å². The van der Waals surface area contributed by atoms with Crippen LogP contribution >= 0.6 is 27.7 Å². The third-order valence-corrected chi connectivity index (χ3v) is 5.03. The zero-order chi connectivity index (χ0) is 14.5. The van der Waals surface area contributed by atoms with E-state index in [0.29, 0.717) is 6.04 Å². The van der Waals surface area contributed by atoms with Crippen LogP contribution in [-0.2, 0) is 4.74 Å². The number of hydrogen-bond acceptors (Lipinski definition) is 4. The molecule has 6 heteroatoms. The maximum absolute atomic E-state index is 6.01. The molecule has 1 fully saturated rings. The fourth-order valence-electron chi connectivity index (χ4n) is 2.46. The predicted octanol–water partition coefficient (Wildman–Crippen LogP) is 3.40. The number of nitrogens with one attached hydrogen (secondary N) is 1. The Bertz CT molecular complexity index is 419. The first kappa shape index (κ1) is 16.3. The van der Waals surface area contributed by atoms with Gasteiger partial charge in [0.2, 0.25) is 0 Å². The summed E-state index contributed by atoms with van der Waals surface area (Å²) in [6.07, 6.45) is 3.22. The molecule has 1 aromatic heterocycles. The predicted molar refractivity (Wildman–Crippen MR) is 88.4 cm³/mol. The summed E-state index contributed by atoms with van der Waals surface area (Å²) in [6.45, 7) is 8.35. The van der Waals surface area contributed by atoms with Crippen LogP contribution in [0.15, 0.2) is 10.7 Å². The monoisotopic (exact) mass is 361 g/mol. The van der Waals surface area contributed by atoms with E-state index in [4.69, 9.17) is 4.74 Å². The molecule has 2 heterocycles. The number of nitrogens with zero attached hydrogens (tertiary/aromatic N) is 2. The number of rotatable bonds is 6. The summed E-state index contributed by atoms with van der Waals surface area (Å²) in [5.41, 5.74) is 1.21. The standard InChI is InChI=1S/C14H24BrN3OS/c1-4-5-16-13(12-9-20-7-6-19-12)14-11(15)8-17-18(14)10(2)3/h8,10,12-13,16H,4-7,9H2,1-3H3. The van der Waals surface area contributed by atoms with Gasteiger partial charge in [-0.2, -0.15) is 16.9 Å². The van der Waals surface area contributed by atoms with Gasteiger partial charge >= 0.3 is 0 Å². The van der Waals surface area contributed by atoms with Gasteiger partial charge < -0.3 is 10.1 Å². The molecule has 0 amide bonds. The average Bonchev–Trinajstić information content (AvgIpc) is 2.83. The zero-order valence-corrected chi connectivity index (χ0v) is 14.8. The Morgan fingerprint density at radius 2 is 2.40 bits per heavy atom. The van der Waals surface area contributed by atoms with Crippen LogP contribution in [0.25, 0.3) is 0 Å². The van der Waals surface area contributed by atoms with Gasteiger partial charge in [-0.05, 0) is 42.7 Å². The van der Waals surface area contributed by atoms with Crippen molar-refractivity contribution in [2.75, 3.05) is 24.7 Å². The minimum absolute atomic E-state index is 0.196. The molecular formula is C14H24BrN3OS. The number of ether oxygens (including phenoxy) is 1. The van der Waals surface area contributed by atoms with E-state index in [1.807, 2.05) is 18.0 Å². The molecule has 1 aromatic rings. The molecule has 0 aromatic carbocycles. The molecule has 0 bridgehead atoms. The van der Waals surface area contributed by atoms with Gasteiger partial charge in [-0.1, -0.05) is 6.92 Å². The van der Waals surface area contributed by atoms with Crippen LogP contribution in [0.4, 0.5) is 0 Å². The lowest BCUT2D eigenvalue weighted by atomic mass is 10.1. The van der Waals surface area contributed by atoms with Crippen molar-refractivity contribution in [3.05, 3.63) is 16.4 Å². The molecule has 1 N–H and O–H groups in total. The maximum atomic E-state index is 6.01. The summed E-state index contributed by atoms with van der Waals surface area (Å²) in [7, 11) is 0. The number of aromatic nitrogens is 2. The lowest BCUT2D eigenvalue weighted by Crippen LogP contribution is -2.40. The van der Waals surface area contributed by atoms with Crippen molar-refractivity contribution in [3.63, 3.8) is 0 Å². The Balaban J connectivity index is 2.27. The first-order chi connectivity index (χ1) is 9.65. The Morgan fingerprint density at radius 1 is 1.60 bits per heavy atom. The largest absolute Gasteiger partial charge is 0.374 e. The van der Waals surface area contributed by atoms with Crippen molar-refractivity contribution >= 4 is 27.7 Å². The second kappa shape index (κ2) is 7.82. The molecule has 0 spiro atoms. The van der Waals surface area contributed by atoms with Crippen LogP contribution in [-0.4, -0.2) is 40.5 Å². The third kappa shape index (κ3) is 3.78. The quantitative estimate of drug-likeness (QED) is 0.842. The van der Waals surface area contributed by atoms with Crippen molar-refractivity contribution in [3.8, 4) is 0 Å². The molecule has 1 saturated heterocycles. The van der Waals surface area contributed by atoms with Crippen LogP contribution in [0, 0.1) is 0 Å². The number of hydrogen-bond donors (Lipinski definition) is 1.